The molecule has 5 heteroatoms. The van der Waals surface area contributed by atoms with Crippen molar-refractivity contribution in [2.24, 2.45) is 5.92 Å². The summed E-state index contributed by atoms with van der Waals surface area (Å²) in [6.45, 7) is 6.87. The third-order valence-corrected chi connectivity index (χ3v) is 3.30. The van der Waals surface area contributed by atoms with Gasteiger partial charge in [-0.1, -0.05) is 6.92 Å². The third kappa shape index (κ3) is 5.99. The molecule has 18 heavy (non-hydrogen) atoms. The zero-order valence-corrected chi connectivity index (χ0v) is 11.2. The number of rotatable bonds is 7. The summed E-state index contributed by atoms with van der Waals surface area (Å²) in [6.07, 6.45) is 3.49. The Hall–Kier alpha value is -1.12. The molecule has 1 aliphatic rings. The fourth-order valence-corrected chi connectivity index (χ4v) is 2.23. The van der Waals surface area contributed by atoms with Crippen LogP contribution in [-0.2, 0) is 4.79 Å². The van der Waals surface area contributed by atoms with Crippen LogP contribution in [0.4, 0.5) is 0 Å². The average molecular weight is 252 g/mol. The maximum atomic E-state index is 11.4. The largest absolute Gasteiger partial charge is 0.342 e. The van der Waals surface area contributed by atoms with Crippen molar-refractivity contribution in [1.82, 2.24) is 15.5 Å². The Bertz CT molecular complexity index is 279. The predicted molar refractivity (Wildman–Crippen MR) is 70.9 cm³/mol. The normalized spacial score (nSPS) is 17.3. The lowest BCUT2D eigenvalue weighted by Gasteiger charge is -2.31. The van der Waals surface area contributed by atoms with E-state index in [-0.39, 0.29) is 12.5 Å². The number of hydrogen-bond donors (Lipinski definition) is 2. The van der Waals surface area contributed by atoms with Crippen LogP contribution in [0.1, 0.15) is 26.2 Å². The molecule has 1 fully saturated rings. The van der Waals surface area contributed by atoms with E-state index in [0.717, 1.165) is 44.9 Å². The fourth-order valence-electron chi connectivity index (χ4n) is 2.23. The van der Waals surface area contributed by atoms with E-state index in [2.05, 4.69) is 22.5 Å². The summed E-state index contributed by atoms with van der Waals surface area (Å²) >= 11 is 0. The van der Waals surface area contributed by atoms with Gasteiger partial charge in [0.1, 0.15) is 6.54 Å². The Morgan fingerprint density at radius 1 is 1.44 bits per heavy atom. The van der Waals surface area contributed by atoms with Crippen LogP contribution in [0.5, 0.6) is 0 Å². The van der Waals surface area contributed by atoms with Crippen LogP contribution in [0.15, 0.2) is 0 Å². The second-order valence-corrected chi connectivity index (χ2v) is 4.86. The lowest BCUT2D eigenvalue weighted by atomic mass is 9.97. The average Bonchev–Trinajstić information content (AvgIpc) is 2.39. The Kier molecular flexibility index (Phi) is 7.38. The minimum atomic E-state index is -0.0425. The molecule has 0 aliphatic carbocycles. The van der Waals surface area contributed by atoms with Gasteiger partial charge >= 0.3 is 0 Å². The van der Waals surface area contributed by atoms with Crippen LogP contribution in [-0.4, -0.2) is 50.1 Å². The minimum Gasteiger partial charge on any atom is -0.342 e. The van der Waals surface area contributed by atoms with Gasteiger partial charge in [0.2, 0.25) is 5.91 Å². The van der Waals surface area contributed by atoms with E-state index in [4.69, 9.17) is 5.26 Å². The molecule has 0 unspecified atom stereocenters. The van der Waals surface area contributed by atoms with Gasteiger partial charge in [0.15, 0.2) is 0 Å². The first-order valence-electron chi connectivity index (χ1n) is 6.83. The number of nitrogens with one attached hydrogen (secondary N) is 2. The van der Waals surface area contributed by atoms with Crippen molar-refractivity contribution in [3.05, 3.63) is 0 Å². The third-order valence-electron chi connectivity index (χ3n) is 3.30. The quantitative estimate of drug-likeness (QED) is 0.506. The standard InChI is InChI=1S/C13H24N4O/c1-2-6-15-10-12-3-8-17(9-4-12)11-13(18)16-7-5-14/h12,15H,2-4,6-11H2,1H3,(H,16,18). The summed E-state index contributed by atoms with van der Waals surface area (Å²) in [5, 5.41) is 14.4. The van der Waals surface area contributed by atoms with Gasteiger partial charge in [-0.2, -0.15) is 5.26 Å². The summed E-state index contributed by atoms with van der Waals surface area (Å²) in [6, 6.07) is 1.91. The van der Waals surface area contributed by atoms with Crippen molar-refractivity contribution in [1.29, 1.82) is 5.26 Å². The van der Waals surface area contributed by atoms with Crippen LogP contribution < -0.4 is 10.6 Å². The van der Waals surface area contributed by atoms with Gasteiger partial charge in [-0.25, -0.2) is 0 Å². The van der Waals surface area contributed by atoms with E-state index in [1.54, 1.807) is 0 Å². The van der Waals surface area contributed by atoms with Crippen LogP contribution >= 0.6 is 0 Å². The Morgan fingerprint density at radius 3 is 2.78 bits per heavy atom. The van der Waals surface area contributed by atoms with Gasteiger partial charge < -0.3 is 10.6 Å². The van der Waals surface area contributed by atoms with Crippen LogP contribution in [0, 0.1) is 17.2 Å². The summed E-state index contributed by atoms with van der Waals surface area (Å²) in [4.78, 5) is 13.6. The van der Waals surface area contributed by atoms with E-state index in [1.807, 2.05) is 6.07 Å². The first kappa shape index (κ1) is 14.9. The minimum absolute atomic E-state index is 0.0425. The number of amides is 1. The molecule has 0 radical (unpaired) electrons. The molecule has 0 bridgehead atoms. The molecular weight excluding hydrogens is 228 g/mol. The van der Waals surface area contributed by atoms with Gasteiger partial charge in [-0.15, -0.1) is 0 Å². The summed E-state index contributed by atoms with van der Waals surface area (Å²) in [7, 11) is 0. The monoisotopic (exact) mass is 252 g/mol. The molecule has 5 nitrogen and oxygen atoms in total. The summed E-state index contributed by atoms with van der Waals surface area (Å²) in [5.74, 6) is 0.703. The van der Waals surface area contributed by atoms with Gasteiger partial charge in [0.05, 0.1) is 12.6 Å². The maximum Gasteiger partial charge on any atom is 0.235 e. The number of carbonyl (C=O) groups excluding carboxylic acids is 1. The maximum absolute atomic E-state index is 11.4. The Morgan fingerprint density at radius 2 is 2.17 bits per heavy atom. The van der Waals surface area contributed by atoms with Crippen molar-refractivity contribution in [3.8, 4) is 6.07 Å². The van der Waals surface area contributed by atoms with E-state index >= 15 is 0 Å². The highest BCUT2D eigenvalue weighted by molar-refractivity contribution is 5.78. The molecule has 1 amide bonds. The highest BCUT2D eigenvalue weighted by atomic mass is 16.2. The number of nitriles is 1. The van der Waals surface area contributed by atoms with Gasteiger partial charge in [-0.05, 0) is 51.4 Å². The number of likely N-dealkylation sites (tertiary alicyclic amines) is 1. The van der Waals surface area contributed by atoms with Gasteiger partial charge in [-0.3, -0.25) is 9.69 Å². The molecule has 0 aromatic heterocycles. The van der Waals surface area contributed by atoms with Crippen molar-refractivity contribution < 1.29 is 4.79 Å². The predicted octanol–water partition coefficient (Wildman–Crippen LogP) is 0.338. The van der Waals surface area contributed by atoms with E-state index in [1.165, 1.54) is 6.42 Å². The molecule has 1 aliphatic heterocycles. The number of hydrogen-bond acceptors (Lipinski definition) is 4. The second-order valence-electron chi connectivity index (χ2n) is 4.86. The SMILES string of the molecule is CCCNCC1CCN(CC(=O)NCC#N)CC1. The van der Waals surface area contributed by atoms with Crippen molar-refractivity contribution >= 4 is 5.91 Å². The zero-order chi connectivity index (χ0) is 13.2. The summed E-state index contributed by atoms with van der Waals surface area (Å²) < 4.78 is 0. The number of carbonyl (C=O) groups is 1. The van der Waals surface area contributed by atoms with Gasteiger partial charge in [0.25, 0.3) is 0 Å². The molecule has 0 spiro atoms. The smallest absolute Gasteiger partial charge is 0.235 e. The highest BCUT2D eigenvalue weighted by Crippen LogP contribution is 2.15. The molecule has 0 atom stereocenters. The Balaban J connectivity index is 2.11. The van der Waals surface area contributed by atoms with Crippen LogP contribution in [0.3, 0.4) is 0 Å². The molecule has 1 heterocycles. The first-order chi connectivity index (χ1) is 8.76. The molecule has 1 rings (SSSR count). The molecular formula is C13H24N4O. The van der Waals surface area contributed by atoms with E-state index in [0.29, 0.717) is 6.54 Å². The first-order valence-corrected chi connectivity index (χ1v) is 6.83. The molecule has 0 aromatic carbocycles. The van der Waals surface area contributed by atoms with Crippen LogP contribution in [0.2, 0.25) is 0 Å². The summed E-state index contributed by atoms with van der Waals surface area (Å²) in [5.41, 5.74) is 0. The lowest BCUT2D eigenvalue weighted by molar-refractivity contribution is -0.122. The van der Waals surface area contributed by atoms with Crippen molar-refractivity contribution in [2.75, 3.05) is 39.3 Å². The van der Waals surface area contributed by atoms with E-state index in [9.17, 15) is 4.79 Å². The van der Waals surface area contributed by atoms with Gasteiger partial charge in [0, 0.05) is 0 Å². The molecule has 0 aromatic rings. The van der Waals surface area contributed by atoms with Crippen molar-refractivity contribution in [3.63, 3.8) is 0 Å². The fraction of sp³-hybridized carbons (Fsp3) is 0.846. The Labute approximate surface area is 110 Å². The molecule has 1 saturated heterocycles. The topological polar surface area (TPSA) is 68.2 Å². The molecule has 102 valence electrons. The zero-order valence-electron chi connectivity index (χ0n) is 11.2. The lowest BCUT2D eigenvalue weighted by Crippen LogP contribution is -2.43. The molecule has 0 saturated carbocycles. The van der Waals surface area contributed by atoms with Crippen LogP contribution in [0.25, 0.3) is 0 Å². The molecule has 2 N–H and O–H groups in total. The number of piperidine rings is 1. The van der Waals surface area contributed by atoms with E-state index < -0.39 is 0 Å². The second kappa shape index (κ2) is 8.90. The highest BCUT2D eigenvalue weighted by Gasteiger charge is 2.20. The van der Waals surface area contributed by atoms with Crippen molar-refractivity contribution in [2.45, 2.75) is 26.2 Å². The number of nitrogens with zero attached hydrogens (tertiary/aromatic N) is 2.